The Bertz CT molecular complexity index is 468. The van der Waals surface area contributed by atoms with Gasteiger partial charge in [0.15, 0.2) is 0 Å². The minimum absolute atomic E-state index is 0.0593. The normalized spacial score (nSPS) is 20.9. The highest BCUT2D eigenvalue weighted by Crippen LogP contribution is 2.28. The van der Waals surface area contributed by atoms with E-state index in [9.17, 15) is 13.2 Å². The van der Waals surface area contributed by atoms with Gasteiger partial charge in [0, 0.05) is 6.20 Å². The van der Waals surface area contributed by atoms with Gasteiger partial charge in [-0.3, -0.25) is 4.98 Å². The van der Waals surface area contributed by atoms with E-state index in [0.29, 0.717) is 24.1 Å². The van der Waals surface area contributed by atoms with E-state index >= 15 is 0 Å². The molecular formula is C13H15F3N2O. The van der Waals surface area contributed by atoms with Gasteiger partial charge >= 0.3 is 6.18 Å². The summed E-state index contributed by atoms with van der Waals surface area (Å²) in [6, 6.07) is 2.34. The summed E-state index contributed by atoms with van der Waals surface area (Å²) in [6.45, 7) is 4.60. The van der Waals surface area contributed by atoms with Crippen LogP contribution in [0.4, 0.5) is 13.2 Å². The average Bonchev–Trinajstić information content (AvgIpc) is 2.86. The largest absolute Gasteiger partial charge is 0.474 e. The number of hydrogen-bond donors (Lipinski definition) is 0. The molecule has 0 bridgehead atoms. The second-order valence-electron chi connectivity index (χ2n) is 4.63. The molecule has 1 aliphatic heterocycles. The first-order chi connectivity index (χ1) is 8.91. The van der Waals surface area contributed by atoms with Crippen molar-refractivity contribution in [2.75, 3.05) is 6.61 Å². The van der Waals surface area contributed by atoms with Crippen LogP contribution in [-0.4, -0.2) is 23.5 Å². The van der Waals surface area contributed by atoms with Crippen LogP contribution in [0, 0.1) is 5.92 Å². The highest BCUT2D eigenvalue weighted by Gasteiger charge is 2.31. The third-order valence-electron chi connectivity index (χ3n) is 3.28. The van der Waals surface area contributed by atoms with Crippen molar-refractivity contribution in [2.45, 2.75) is 32.5 Å². The summed E-state index contributed by atoms with van der Waals surface area (Å²) < 4.78 is 42.6. The lowest BCUT2D eigenvalue weighted by molar-refractivity contribution is -0.137. The lowest BCUT2D eigenvalue weighted by Crippen LogP contribution is -2.16. The Hall–Kier alpha value is -1.59. The van der Waals surface area contributed by atoms with Crippen molar-refractivity contribution in [3.05, 3.63) is 29.6 Å². The van der Waals surface area contributed by atoms with Crippen LogP contribution >= 0.6 is 0 Å². The third-order valence-corrected chi connectivity index (χ3v) is 3.28. The highest BCUT2D eigenvalue weighted by molar-refractivity contribution is 5.93. The molecule has 104 valence electrons. The SMILES string of the molecule is CCC(C)[C@@H]1COC(c2ccc(C(F)(F)F)cn2)=N1. The fourth-order valence-electron chi connectivity index (χ4n) is 1.78. The highest BCUT2D eigenvalue weighted by atomic mass is 19.4. The molecule has 1 aromatic heterocycles. The van der Waals surface area contributed by atoms with Crippen LogP contribution in [0.15, 0.2) is 23.3 Å². The second-order valence-corrected chi connectivity index (χ2v) is 4.63. The van der Waals surface area contributed by atoms with Crippen molar-refractivity contribution >= 4 is 5.90 Å². The molecule has 0 radical (unpaired) electrons. The van der Waals surface area contributed by atoms with Gasteiger partial charge in [0.1, 0.15) is 12.3 Å². The van der Waals surface area contributed by atoms with Crippen LogP contribution in [-0.2, 0) is 10.9 Å². The first-order valence-corrected chi connectivity index (χ1v) is 6.16. The number of aliphatic imine (C=N–C) groups is 1. The van der Waals surface area contributed by atoms with Gasteiger partial charge < -0.3 is 4.74 Å². The van der Waals surface area contributed by atoms with Crippen molar-refractivity contribution in [3.63, 3.8) is 0 Å². The molecular weight excluding hydrogens is 257 g/mol. The van der Waals surface area contributed by atoms with Gasteiger partial charge in [-0.15, -0.1) is 0 Å². The van der Waals surface area contributed by atoms with E-state index < -0.39 is 11.7 Å². The molecule has 1 aromatic rings. The standard InChI is InChI=1S/C13H15F3N2O/c1-3-8(2)11-7-19-12(18-11)10-5-4-9(6-17-10)13(14,15)16/h4-6,8,11H,3,7H2,1-2H3/t8?,11-/m0/s1. The molecule has 0 aromatic carbocycles. The molecule has 0 aliphatic carbocycles. The van der Waals surface area contributed by atoms with E-state index in [1.807, 2.05) is 0 Å². The molecule has 3 nitrogen and oxygen atoms in total. The number of nitrogens with zero attached hydrogens (tertiary/aromatic N) is 2. The molecule has 0 saturated carbocycles. The summed E-state index contributed by atoms with van der Waals surface area (Å²) in [6.07, 6.45) is -2.59. The molecule has 2 atom stereocenters. The zero-order valence-corrected chi connectivity index (χ0v) is 10.7. The summed E-state index contributed by atoms with van der Waals surface area (Å²) in [5.74, 6) is 0.714. The number of aromatic nitrogens is 1. The van der Waals surface area contributed by atoms with Crippen LogP contribution in [0.1, 0.15) is 31.5 Å². The van der Waals surface area contributed by atoms with Crippen molar-refractivity contribution in [1.82, 2.24) is 4.98 Å². The molecule has 2 heterocycles. The molecule has 0 saturated heterocycles. The Morgan fingerprint density at radius 3 is 2.68 bits per heavy atom. The first-order valence-electron chi connectivity index (χ1n) is 6.16. The van der Waals surface area contributed by atoms with Crippen molar-refractivity contribution in [2.24, 2.45) is 10.9 Å². The van der Waals surface area contributed by atoms with Crippen molar-refractivity contribution in [1.29, 1.82) is 0 Å². The number of pyridine rings is 1. The fraction of sp³-hybridized carbons (Fsp3) is 0.538. The summed E-state index contributed by atoms with van der Waals surface area (Å²) in [5.41, 5.74) is -0.424. The first kappa shape index (κ1) is 13.8. The number of ether oxygens (including phenoxy) is 1. The van der Waals surface area contributed by atoms with Gasteiger partial charge in [-0.05, 0) is 18.1 Å². The minimum atomic E-state index is -4.37. The number of alkyl halides is 3. The molecule has 0 fully saturated rings. The van der Waals surface area contributed by atoms with Crippen LogP contribution in [0.2, 0.25) is 0 Å². The van der Waals surface area contributed by atoms with Gasteiger partial charge in [-0.2, -0.15) is 13.2 Å². The van der Waals surface area contributed by atoms with Gasteiger partial charge in [0.05, 0.1) is 11.6 Å². The maximum absolute atomic E-state index is 12.4. The minimum Gasteiger partial charge on any atom is -0.474 e. The predicted octanol–water partition coefficient (Wildman–Crippen LogP) is 3.29. The van der Waals surface area contributed by atoms with Crippen LogP contribution in [0.5, 0.6) is 0 Å². The lowest BCUT2D eigenvalue weighted by Gasteiger charge is -2.11. The molecule has 2 rings (SSSR count). The Labute approximate surface area is 109 Å². The molecule has 0 spiro atoms. The van der Waals surface area contributed by atoms with Crippen LogP contribution in [0.3, 0.4) is 0 Å². The fourth-order valence-corrected chi connectivity index (χ4v) is 1.78. The van der Waals surface area contributed by atoms with Crippen LogP contribution < -0.4 is 0 Å². The Morgan fingerprint density at radius 2 is 2.16 bits per heavy atom. The number of rotatable bonds is 3. The molecule has 0 N–H and O–H groups in total. The summed E-state index contributed by atoms with van der Waals surface area (Å²) >= 11 is 0. The molecule has 0 amide bonds. The van der Waals surface area contributed by atoms with E-state index in [4.69, 9.17) is 4.74 Å². The second kappa shape index (κ2) is 5.19. The maximum atomic E-state index is 12.4. The van der Waals surface area contributed by atoms with Crippen LogP contribution in [0.25, 0.3) is 0 Å². The topological polar surface area (TPSA) is 34.5 Å². The average molecular weight is 272 g/mol. The lowest BCUT2D eigenvalue weighted by atomic mass is 10.0. The van der Waals surface area contributed by atoms with Gasteiger partial charge in [-0.25, -0.2) is 4.99 Å². The van der Waals surface area contributed by atoms with E-state index in [2.05, 4.69) is 23.8 Å². The Kier molecular flexibility index (Phi) is 3.78. The van der Waals surface area contributed by atoms with Crippen molar-refractivity contribution < 1.29 is 17.9 Å². The van der Waals surface area contributed by atoms with Gasteiger partial charge in [-0.1, -0.05) is 20.3 Å². The predicted molar refractivity (Wildman–Crippen MR) is 65.0 cm³/mol. The maximum Gasteiger partial charge on any atom is 0.417 e. The Balaban J connectivity index is 2.16. The number of halogens is 3. The van der Waals surface area contributed by atoms with E-state index in [-0.39, 0.29) is 6.04 Å². The number of hydrogen-bond acceptors (Lipinski definition) is 3. The van der Waals surface area contributed by atoms with Gasteiger partial charge in [0.25, 0.3) is 0 Å². The zero-order chi connectivity index (χ0) is 14.0. The smallest absolute Gasteiger partial charge is 0.417 e. The monoisotopic (exact) mass is 272 g/mol. The van der Waals surface area contributed by atoms with Gasteiger partial charge in [0.2, 0.25) is 5.90 Å². The van der Waals surface area contributed by atoms with E-state index in [1.54, 1.807) is 0 Å². The quantitative estimate of drug-likeness (QED) is 0.846. The molecule has 1 aliphatic rings. The zero-order valence-electron chi connectivity index (χ0n) is 10.7. The summed E-state index contributed by atoms with van der Waals surface area (Å²) in [5, 5.41) is 0. The van der Waals surface area contributed by atoms with Crippen molar-refractivity contribution in [3.8, 4) is 0 Å². The van der Waals surface area contributed by atoms with E-state index in [1.165, 1.54) is 6.07 Å². The molecule has 1 unspecified atom stereocenters. The molecule has 6 heteroatoms. The van der Waals surface area contributed by atoms with E-state index in [0.717, 1.165) is 18.7 Å². The molecule has 19 heavy (non-hydrogen) atoms. The summed E-state index contributed by atoms with van der Waals surface area (Å²) in [7, 11) is 0. The third kappa shape index (κ3) is 3.05. The summed E-state index contributed by atoms with van der Waals surface area (Å²) in [4.78, 5) is 8.14. The Morgan fingerprint density at radius 1 is 1.42 bits per heavy atom.